The van der Waals surface area contributed by atoms with E-state index in [2.05, 4.69) is 15.6 Å². The number of urea groups is 1. The highest BCUT2D eigenvalue weighted by molar-refractivity contribution is 5.90. The molecule has 0 aliphatic rings. The topological polar surface area (TPSA) is 56.9 Å². The summed E-state index contributed by atoms with van der Waals surface area (Å²) < 4.78 is 38.2. The standard InChI is InChI=1S/C13H12F3N3O/c14-13(15,16)10-3-1-2-4-11(10)19-12(20)18-8-9-5-6-17-7-9/h1-7,17H,8H2,(H2,18,19,20). The van der Waals surface area contributed by atoms with E-state index in [-0.39, 0.29) is 12.2 Å². The lowest BCUT2D eigenvalue weighted by Gasteiger charge is -2.13. The summed E-state index contributed by atoms with van der Waals surface area (Å²) in [7, 11) is 0. The Bertz CT molecular complexity index is 579. The number of aromatic nitrogens is 1. The van der Waals surface area contributed by atoms with Crippen LogP contribution in [0.3, 0.4) is 0 Å². The van der Waals surface area contributed by atoms with Crippen molar-refractivity contribution in [3.63, 3.8) is 0 Å². The molecule has 0 atom stereocenters. The maximum Gasteiger partial charge on any atom is 0.418 e. The number of hydrogen-bond acceptors (Lipinski definition) is 1. The Hall–Kier alpha value is -2.44. The van der Waals surface area contributed by atoms with Gasteiger partial charge in [-0.1, -0.05) is 12.1 Å². The number of alkyl halides is 3. The van der Waals surface area contributed by atoms with Crippen LogP contribution in [0.5, 0.6) is 0 Å². The third-order valence-corrected chi connectivity index (χ3v) is 2.60. The molecule has 0 spiro atoms. The molecule has 0 aliphatic heterocycles. The van der Waals surface area contributed by atoms with Crippen molar-refractivity contribution in [1.82, 2.24) is 10.3 Å². The Balaban J connectivity index is 2.01. The van der Waals surface area contributed by atoms with Crippen LogP contribution in [-0.2, 0) is 12.7 Å². The van der Waals surface area contributed by atoms with Gasteiger partial charge < -0.3 is 15.6 Å². The molecule has 0 fully saturated rings. The lowest BCUT2D eigenvalue weighted by Crippen LogP contribution is -2.29. The average molecular weight is 283 g/mol. The quantitative estimate of drug-likeness (QED) is 0.795. The number of halogens is 3. The van der Waals surface area contributed by atoms with Crippen molar-refractivity contribution in [3.8, 4) is 0 Å². The van der Waals surface area contributed by atoms with Gasteiger partial charge in [0.15, 0.2) is 0 Å². The van der Waals surface area contributed by atoms with E-state index in [1.165, 1.54) is 18.2 Å². The first-order valence-electron chi connectivity index (χ1n) is 5.79. The van der Waals surface area contributed by atoms with Gasteiger partial charge in [0.25, 0.3) is 0 Å². The van der Waals surface area contributed by atoms with Crippen molar-refractivity contribution >= 4 is 11.7 Å². The molecule has 0 unspecified atom stereocenters. The minimum atomic E-state index is -4.51. The molecular formula is C13H12F3N3O. The van der Waals surface area contributed by atoms with Gasteiger partial charge in [-0.2, -0.15) is 13.2 Å². The molecule has 3 N–H and O–H groups in total. The molecule has 0 bridgehead atoms. The van der Waals surface area contributed by atoms with E-state index in [1.807, 2.05) is 0 Å². The molecule has 1 aromatic heterocycles. The number of anilines is 1. The van der Waals surface area contributed by atoms with Gasteiger partial charge in [0.2, 0.25) is 0 Å². The van der Waals surface area contributed by atoms with Crippen molar-refractivity contribution in [2.45, 2.75) is 12.7 Å². The first-order chi connectivity index (χ1) is 9.47. The number of amides is 2. The molecule has 20 heavy (non-hydrogen) atoms. The summed E-state index contributed by atoms with van der Waals surface area (Å²) >= 11 is 0. The second kappa shape index (κ2) is 5.68. The molecule has 0 aliphatic carbocycles. The fourth-order valence-corrected chi connectivity index (χ4v) is 1.66. The van der Waals surface area contributed by atoms with Crippen molar-refractivity contribution in [3.05, 3.63) is 53.9 Å². The molecule has 2 rings (SSSR count). The largest absolute Gasteiger partial charge is 0.418 e. The van der Waals surface area contributed by atoms with Gasteiger partial charge in [-0.25, -0.2) is 4.79 Å². The van der Waals surface area contributed by atoms with E-state index >= 15 is 0 Å². The third-order valence-electron chi connectivity index (χ3n) is 2.60. The minimum Gasteiger partial charge on any atom is -0.367 e. The second-order valence-corrected chi connectivity index (χ2v) is 4.07. The minimum absolute atomic E-state index is 0.226. The van der Waals surface area contributed by atoms with Crippen LogP contribution in [-0.4, -0.2) is 11.0 Å². The lowest BCUT2D eigenvalue weighted by molar-refractivity contribution is -0.136. The number of benzene rings is 1. The first-order valence-corrected chi connectivity index (χ1v) is 5.79. The summed E-state index contributed by atoms with van der Waals surface area (Å²) in [6.45, 7) is 0.226. The smallest absolute Gasteiger partial charge is 0.367 e. The van der Waals surface area contributed by atoms with Gasteiger partial charge in [-0.3, -0.25) is 0 Å². The van der Waals surface area contributed by atoms with Crippen molar-refractivity contribution in [2.24, 2.45) is 0 Å². The van der Waals surface area contributed by atoms with Crippen LogP contribution in [0.25, 0.3) is 0 Å². The predicted molar refractivity (Wildman–Crippen MR) is 68.1 cm³/mol. The molecule has 1 heterocycles. The molecule has 106 valence electrons. The molecule has 0 radical (unpaired) electrons. The lowest BCUT2D eigenvalue weighted by atomic mass is 10.1. The van der Waals surface area contributed by atoms with Crippen molar-refractivity contribution < 1.29 is 18.0 Å². The van der Waals surface area contributed by atoms with Crippen LogP contribution >= 0.6 is 0 Å². The molecule has 7 heteroatoms. The van der Waals surface area contributed by atoms with Crippen LogP contribution in [0.4, 0.5) is 23.7 Å². The maximum atomic E-state index is 12.7. The Labute approximate surface area is 113 Å². The summed E-state index contributed by atoms with van der Waals surface area (Å²) in [6, 6.07) is 5.88. The van der Waals surface area contributed by atoms with E-state index in [0.717, 1.165) is 11.6 Å². The number of carbonyl (C=O) groups excluding carboxylic acids is 1. The number of rotatable bonds is 3. The molecule has 0 saturated heterocycles. The summed E-state index contributed by atoms with van der Waals surface area (Å²) in [5.74, 6) is 0. The maximum absolute atomic E-state index is 12.7. The zero-order valence-electron chi connectivity index (χ0n) is 10.3. The fraction of sp³-hybridized carbons (Fsp3) is 0.154. The number of aromatic amines is 1. The Kier molecular flexibility index (Phi) is 3.97. The van der Waals surface area contributed by atoms with Crippen LogP contribution in [0.15, 0.2) is 42.7 Å². The van der Waals surface area contributed by atoms with Gasteiger partial charge >= 0.3 is 12.2 Å². The molecule has 4 nitrogen and oxygen atoms in total. The molecule has 1 aromatic carbocycles. The number of H-pyrrole nitrogens is 1. The van der Waals surface area contributed by atoms with Crippen LogP contribution in [0.2, 0.25) is 0 Å². The first kappa shape index (κ1) is 14.0. The van der Waals surface area contributed by atoms with E-state index < -0.39 is 17.8 Å². The zero-order valence-corrected chi connectivity index (χ0v) is 10.3. The third kappa shape index (κ3) is 3.53. The van der Waals surface area contributed by atoms with E-state index in [9.17, 15) is 18.0 Å². The summed E-state index contributed by atoms with van der Waals surface area (Å²) in [5, 5.41) is 4.67. The highest BCUT2D eigenvalue weighted by Crippen LogP contribution is 2.34. The SMILES string of the molecule is O=C(NCc1cc[nH]c1)Nc1ccccc1C(F)(F)F. The molecule has 0 saturated carbocycles. The second-order valence-electron chi connectivity index (χ2n) is 4.07. The average Bonchev–Trinajstić information content (AvgIpc) is 2.89. The van der Waals surface area contributed by atoms with Crippen molar-refractivity contribution in [1.29, 1.82) is 0 Å². The van der Waals surface area contributed by atoms with Gasteiger partial charge in [0.1, 0.15) is 0 Å². The molecule has 2 aromatic rings. The van der Waals surface area contributed by atoms with E-state index in [4.69, 9.17) is 0 Å². The number of para-hydroxylation sites is 1. The van der Waals surface area contributed by atoms with Crippen LogP contribution in [0.1, 0.15) is 11.1 Å². The summed E-state index contributed by atoms with van der Waals surface area (Å²) in [4.78, 5) is 14.4. The van der Waals surface area contributed by atoms with Crippen LogP contribution < -0.4 is 10.6 Å². The predicted octanol–water partition coefficient (Wildman–Crippen LogP) is 3.36. The van der Waals surface area contributed by atoms with Crippen molar-refractivity contribution in [2.75, 3.05) is 5.32 Å². The van der Waals surface area contributed by atoms with Gasteiger partial charge in [0, 0.05) is 18.9 Å². The van der Waals surface area contributed by atoms with E-state index in [1.54, 1.807) is 18.5 Å². The fourth-order valence-electron chi connectivity index (χ4n) is 1.66. The summed E-state index contributed by atoms with van der Waals surface area (Å²) in [6.07, 6.45) is -1.14. The number of carbonyl (C=O) groups is 1. The van der Waals surface area contributed by atoms with Gasteiger partial charge in [0.05, 0.1) is 11.3 Å². The molecule has 2 amide bonds. The summed E-state index contributed by atoms with van der Waals surface area (Å²) in [5.41, 5.74) is -0.326. The van der Waals surface area contributed by atoms with Gasteiger partial charge in [-0.05, 0) is 23.8 Å². The Morgan fingerprint density at radius 2 is 1.95 bits per heavy atom. The highest BCUT2D eigenvalue weighted by Gasteiger charge is 2.33. The monoisotopic (exact) mass is 283 g/mol. The number of nitrogens with one attached hydrogen (secondary N) is 3. The normalized spacial score (nSPS) is 11.2. The zero-order chi connectivity index (χ0) is 14.6. The molecular weight excluding hydrogens is 271 g/mol. The van der Waals surface area contributed by atoms with Crippen LogP contribution in [0, 0.1) is 0 Å². The number of hydrogen-bond donors (Lipinski definition) is 3. The van der Waals surface area contributed by atoms with Gasteiger partial charge in [-0.15, -0.1) is 0 Å². The Morgan fingerprint density at radius 1 is 1.20 bits per heavy atom. The van der Waals surface area contributed by atoms with E-state index in [0.29, 0.717) is 0 Å². The Morgan fingerprint density at radius 3 is 2.60 bits per heavy atom. The highest BCUT2D eigenvalue weighted by atomic mass is 19.4.